The number of rotatable bonds is 3. The SMILES string of the molecule is CC1(C)OC(=O)C(=CNc2ccc(C3CCC4(CC3)OCCO4)cc2)C(=O)O1. The lowest BCUT2D eigenvalue weighted by molar-refractivity contribution is -0.222. The molecule has 0 bridgehead atoms. The van der Waals surface area contributed by atoms with Gasteiger partial charge in [-0.1, -0.05) is 12.1 Å². The summed E-state index contributed by atoms with van der Waals surface area (Å²) < 4.78 is 21.7. The van der Waals surface area contributed by atoms with Crippen LogP contribution in [0.15, 0.2) is 36.0 Å². The molecular formula is C21H25NO6. The maximum Gasteiger partial charge on any atom is 0.350 e. The number of anilines is 1. The summed E-state index contributed by atoms with van der Waals surface area (Å²) in [4.78, 5) is 23.9. The van der Waals surface area contributed by atoms with Crippen LogP contribution in [0.25, 0.3) is 0 Å². The highest BCUT2D eigenvalue weighted by molar-refractivity contribution is 6.15. The Balaban J connectivity index is 1.36. The summed E-state index contributed by atoms with van der Waals surface area (Å²) in [5.41, 5.74) is 1.89. The van der Waals surface area contributed by atoms with E-state index < -0.39 is 17.7 Å². The van der Waals surface area contributed by atoms with E-state index in [9.17, 15) is 9.59 Å². The van der Waals surface area contributed by atoms with Crippen molar-refractivity contribution in [2.24, 2.45) is 0 Å². The third-order valence-corrected chi connectivity index (χ3v) is 5.44. The lowest BCUT2D eigenvalue weighted by Gasteiger charge is -2.35. The molecule has 7 nitrogen and oxygen atoms in total. The van der Waals surface area contributed by atoms with Crippen molar-refractivity contribution < 1.29 is 28.5 Å². The van der Waals surface area contributed by atoms with Gasteiger partial charge < -0.3 is 24.3 Å². The zero-order valence-corrected chi connectivity index (χ0v) is 16.2. The molecule has 0 unspecified atom stereocenters. The molecule has 2 aliphatic heterocycles. The van der Waals surface area contributed by atoms with Crippen LogP contribution in [0.2, 0.25) is 0 Å². The van der Waals surface area contributed by atoms with Crippen molar-refractivity contribution in [1.29, 1.82) is 0 Å². The highest BCUT2D eigenvalue weighted by Gasteiger charge is 2.41. The van der Waals surface area contributed by atoms with E-state index in [1.807, 2.05) is 12.1 Å². The average molecular weight is 387 g/mol. The van der Waals surface area contributed by atoms with Gasteiger partial charge in [0.15, 0.2) is 11.4 Å². The van der Waals surface area contributed by atoms with Crippen LogP contribution in [-0.2, 0) is 28.5 Å². The third-order valence-electron chi connectivity index (χ3n) is 5.44. The average Bonchev–Trinajstić information content (AvgIpc) is 3.09. The Hall–Kier alpha value is -2.38. The van der Waals surface area contributed by atoms with Gasteiger partial charge in [0, 0.05) is 38.6 Å². The molecule has 1 saturated carbocycles. The zero-order chi connectivity index (χ0) is 19.8. The molecule has 0 radical (unpaired) electrons. The molecule has 0 atom stereocenters. The first-order valence-corrected chi connectivity index (χ1v) is 9.67. The van der Waals surface area contributed by atoms with Crippen LogP contribution in [0.1, 0.15) is 51.0 Å². The number of ether oxygens (including phenoxy) is 4. The van der Waals surface area contributed by atoms with Crippen LogP contribution < -0.4 is 5.32 Å². The molecule has 2 saturated heterocycles. The highest BCUT2D eigenvalue weighted by Crippen LogP contribution is 2.42. The molecule has 1 N–H and O–H groups in total. The maximum atomic E-state index is 12.0. The van der Waals surface area contributed by atoms with Crippen molar-refractivity contribution in [2.45, 2.75) is 57.0 Å². The fourth-order valence-corrected chi connectivity index (χ4v) is 3.96. The van der Waals surface area contributed by atoms with Crippen molar-refractivity contribution >= 4 is 17.6 Å². The molecule has 1 spiro atoms. The van der Waals surface area contributed by atoms with E-state index in [1.165, 1.54) is 25.6 Å². The summed E-state index contributed by atoms with van der Waals surface area (Å²) in [5.74, 6) is -2.49. The minimum absolute atomic E-state index is 0.155. The number of hydrogen-bond acceptors (Lipinski definition) is 7. The fourth-order valence-electron chi connectivity index (χ4n) is 3.96. The predicted octanol–water partition coefficient (Wildman–Crippen LogP) is 3.22. The molecule has 0 aromatic heterocycles. The van der Waals surface area contributed by atoms with Gasteiger partial charge in [0.2, 0.25) is 0 Å². The second-order valence-corrected chi connectivity index (χ2v) is 7.89. The first kappa shape index (κ1) is 19.0. The molecule has 0 amide bonds. The minimum Gasteiger partial charge on any atom is -0.419 e. The van der Waals surface area contributed by atoms with E-state index in [2.05, 4.69) is 17.4 Å². The van der Waals surface area contributed by atoms with Crippen molar-refractivity contribution in [3.05, 3.63) is 41.6 Å². The summed E-state index contributed by atoms with van der Waals surface area (Å²) in [6, 6.07) is 8.01. The Kier molecular flexibility index (Phi) is 4.89. The summed E-state index contributed by atoms with van der Waals surface area (Å²) in [7, 11) is 0. The number of esters is 2. The monoisotopic (exact) mass is 387 g/mol. The van der Waals surface area contributed by atoms with Crippen LogP contribution in [0.3, 0.4) is 0 Å². The molecule has 1 aliphatic carbocycles. The molecule has 2 heterocycles. The number of cyclic esters (lactones) is 2. The van der Waals surface area contributed by atoms with E-state index >= 15 is 0 Å². The standard InChI is InChI=1S/C21H25NO6/c1-20(2)27-18(23)17(19(24)28-20)13-22-16-5-3-14(4-6-16)15-7-9-21(10-8-15)25-11-12-26-21/h3-6,13,15,22H,7-12H2,1-2H3. The van der Waals surface area contributed by atoms with E-state index in [-0.39, 0.29) is 11.4 Å². The lowest BCUT2D eigenvalue weighted by atomic mass is 9.81. The molecule has 1 aromatic rings. The summed E-state index contributed by atoms with van der Waals surface area (Å²) >= 11 is 0. The molecule has 28 heavy (non-hydrogen) atoms. The predicted molar refractivity (Wildman–Crippen MR) is 100 cm³/mol. The highest BCUT2D eigenvalue weighted by atomic mass is 16.7. The van der Waals surface area contributed by atoms with Crippen molar-refractivity contribution in [1.82, 2.24) is 0 Å². The Morgan fingerprint density at radius 1 is 0.964 bits per heavy atom. The number of carbonyl (C=O) groups is 2. The number of nitrogens with one attached hydrogen (secondary N) is 1. The number of carbonyl (C=O) groups excluding carboxylic acids is 2. The van der Waals surface area contributed by atoms with Crippen LogP contribution >= 0.6 is 0 Å². The van der Waals surface area contributed by atoms with Gasteiger partial charge in [-0.2, -0.15) is 0 Å². The van der Waals surface area contributed by atoms with Gasteiger partial charge in [0.25, 0.3) is 5.79 Å². The van der Waals surface area contributed by atoms with E-state index in [0.29, 0.717) is 19.1 Å². The topological polar surface area (TPSA) is 83.1 Å². The molecule has 1 aromatic carbocycles. The van der Waals surface area contributed by atoms with Gasteiger partial charge in [-0.25, -0.2) is 9.59 Å². The molecular weight excluding hydrogens is 362 g/mol. The first-order valence-electron chi connectivity index (χ1n) is 9.67. The van der Waals surface area contributed by atoms with E-state index in [0.717, 1.165) is 31.4 Å². The van der Waals surface area contributed by atoms with Crippen molar-refractivity contribution in [2.75, 3.05) is 18.5 Å². The van der Waals surface area contributed by atoms with Gasteiger partial charge in [-0.05, 0) is 36.5 Å². The molecule has 3 fully saturated rings. The second-order valence-electron chi connectivity index (χ2n) is 7.89. The van der Waals surface area contributed by atoms with Crippen LogP contribution in [0.5, 0.6) is 0 Å². The van der Waals surface area contributed by atoms with E-state index in [1.54, 1.807) is 0 Å². The molecule has 4 rings (SSSR count). The lowest BCUT2D eigenvalue weighted by Crippen LogP contribution is -2.42. The van der Waals surface area contributed by atoms with Gasteiger partial charge in [0.05, 0.1) is 13.2 Å². The first-order chi connectivity index (χ1) is 13.4. The Bertz CT molecular complexity index is 760. The smallest absolute Gasteiger partial charge is 0.350 e. The summed E-state index contributed by atoms with van der Waals surface area (Å²) in [6.45, 7) is 4.42. The molecule has 7 heteroatoms. The summed E-state index contributed by atoms with van der Waals surface area (Å²) in [5, 5.41) is 2.97. The third kappa shape index (κ3) is 3.91. The Morgan fingerprint density at radius 3 is 2.11 bits per heavy atom. The normalized spacial score (nSPS) is 25.9. The van der Waals surface area contributed by atoms with Crippen molar-refractivity contribution in [3.8, 4) is 0 Å². The summed E-state index contributed by atoms with van der Waals surface area (Å²) in [6.07, 6.45) is 5.23. The number of hydrogen-bond donors (Lipinski definition) is 1. The Morgan fingerprint density at radius 2 is 1.54 bits per heavy atom. The van der Waals surface area contributed by atoms with Gasteiger partial charge in [-0.3, -0.25) is 0 Å². The Labute approximate surface area is 164 Å². The second kappa shape index (κ2) is 7.22. The van der Waals surface area contributed by atoms with Crippen LogP contribution in [0.4, 0.5) is 5.69 Å². The van der Waals surface area contributed by atoms with E-state index in [4.69, 9.17) is 18.9 Å². The molecule has 3 aliphatic rings. The minimum atomic E-state index is -1.24. The zero-order valence-electron chi connectivity index (χ0n) is 16.2. The van der Waals surface area contributed by atoms with Crippen molar-refractivity contribution in [3.63, 3.8) is 0 Å². The van der Waals surface area contributed by atoms with Gasteiger partial charge in [-0.15, -0.1) is 0 Å². The number of benzene rings is 1. The maximum absolute atomic E-state index is 12.0. The largest absolute Gasteiger partial charge is 0.419 e. The van der Waals surface area contributed by atoms with Gasteiger partial charge in [0.1, 0.15) is 0 Å². The van der Waals surface area contributed by atoms with Crippen LogP contribution in [0, 0.1) is 0 Å². The van der Waals surface area contributed by atoms with Crippen LogP contribution in [-0.4, -0.2) is 36.7 Å². The fraction of sp³-hybridized carbons (Fsp3) is 0.524. The quantitative estimate of drug-likeness (QED) is 0.484. The molecule has 150 valence electrons. The van der Waals surface area contributed by atoms with Gasteiger partial charge >= 0.3 is 11.9 Å².